The number of rotatable bonds is 3. The summed E-state index contributed by atoms with van der Waals surface area (Å²) < 4.78 is 0. The third kappa shape index (κ3) is 2.67. The smallest absolute Gasteiger partial charge is 0.241 e. The van der Waals surface area contributed by atoms with Crippen LogP contribution in [0, 0.1) is 5.92 Å². The molecule has 5 N–H and O–H groups in total. The van der Waals surface area contributed by atoms with Gasteiger partial charge in [0.1, 0.15) is 5.82 Å². The van der Waals surface area contributed by atoms with Gasteiger partial charge in [-0.1, -0.05) is 19.8 Å². The molecule has 7 nitrogen and oxygen atoms in total. The number of hydrogen-bond donors (Lipinski definition) is 4. The van der Waals surface area contributed by atoms with Crippen molar-refractivity contribution in [2.45, 2.75) is 45.1 Å². The lowest BCUT2D eigenvalue weighted by molar-refractivity contribution is 0.502. The molecule has 7 heteroatoms. The number of fused-ring (bicyclic) bond motifs is 1. The summed E-state index contributed by atoms with van der Waals surface area (Å²) in [5.41, 5.74) is 3.19. The number of nitrogen functional groups attached to an aromatic ring is 1. The lowest BCUT2D eigenvalue weighted by Crippen LogP contribution is -2.20. The molecule has 20 heavy (non-hydrogen) atoms. The van der Waals surface area contributed by atoms with Gasteiger partial charge in [-0.05, 0) is 25.2 Å². The van der Waals surface area contributed by atoms with E-state index in [2.05, 4.69) is 37.8 Å². The molecule has 0 bridgehead atoms. The van der Waals surface area contributed by atoms with Gasteiger partial charge in [-0.2, -0.15) is 15.1 Å². The Morgan fingerprint density at radius 1 is 1.25 bits per heavy atom. The molecule has 0 radical (unpaired) electrons. The van der Waals surface area contributed by atoms with Crippen molar-refractivity contribution in [2.24, 2.45) is 11.8 Å². The van der Waals surface area contributed by atoms with Crippen molar-refractivity contribution in [1.29, 1.82) is 0 Å². The zero-order valence-corrected chi connectivity index (χ0v) is 11.7. The van der Waals surface area contributed by atoms with Crippen LogP contribution in [-0.4, -0.2) is 26.2 Å². The number of H-pyrrole nitrogens is 1. The predicted molar refractivity (Wildman–Crippen MR) is 79.2 cm³/mol. The molecule has 108 valence electrons. The van der Waals surface area contributed by atoms with Crippen LogP contribution < -0.4 is 16.6 Å². The highest BCUT2D eigenvalue weighted by Crippen LogP contribution is 2.27. The van der Waals surface area contributed by atoms with E-state index in [4.69, 9.17) is 5.84 Å². The molecule has 1 aliphatic rings. The van der Waals surface area contributed by atoms with Crippen molar-refractivity contribution in [2.75, 3.05) is 10.7 Å². The molecule has 1 aliphatic carbocycles. The number of hydrogen-bond acceptors (Lipinski definition) is 6. The maximum Gasteiger partial charge on any atom is 0.241 e. The normalized spacial score (nSPS) is 23.5. The fourth-order valence-electron chi connectivity index (χ4n) is 2.83. The predicted octanol–water partition coefficient (Wildman–Crippen LogP) is 2.02. The second kappa shape index (κ2) is 5.62. The van der Waals surface area contributed by atoms with Gasteiger partial charge in [0, 0.05) is 6.04 Å². The highest BCUT2D eigenvalue weighted by molar-refractivity contribution is 5.87. The highest BCUT2D eigenvalue weighted by Gasteiger charge is 2.18. The third-order valence-electron chi connectivity index (χ3n) is 4.04. The Balaban J connectivity index is 1.84. The van der Waals surface area contributed by atoms with Crippen LogP contribution in [0.2, 0.25) is 0 Å². The van der Waals surface area contributed by atoms with Crippen molar-refractivity contribution in [3.8, 4) is 0 Å². The van der Waals surface area contributed by atoms with Gasteiger partial charge in [0.25, 0.3) is 0 Å². The Bertz CT molecular complexity index is 579. The Labute approximate surface area is 117 Å². The number of aromatic nitrogens is 4. The van der Waals surface area contributed by atoms with Crippen LogP contribution in [0.25, 0.3) is 11.0 Å². The van der Waals surface area contributed by atoms with Crippen LogP contribution in [0.3, 0.4) is 0 Å². The molecule has 3 rings (SSSR count). The van der Waals surface area contributed by atoms with Crippen LogP contribution in [0.4, 0.5) is 11.8 Å². The van der Waals surface area contributed by atoms with E-state index in [1.165, 1.54) is 32.1 Å². The first kappa shape index (κ1) is 13.1. The van der Waals surface area contributed by atoms with E-state index in [0.29, 0.717) is 17.6 Å². The van der Waals surface area contributed by atoms with E-state index >= 15 is 0 Å². The Hall–Kier alpha value is -1.89. The van der Waals surface area contributed by atoms with E-state index in [9.17, 15) is 0 Å². The molecule has 2 heterocycles. The zero-order chi connectivity index (χ0) is 13.9. The maximum atomic E-state index is 5.42. The molecule has 0 aromatic carbocycles. The van der Waals surface area contributed by atoms with E-state index in [-0.39, 0.29) is 0 Å². The van der Waals surface area contributed by atoms with Gasteiger partial charge < -0.3 is 5.32 Å². The summed E-state index contributed by atoms with van der Waals surface area (Å²) in [6.07, 6.45) is 7.95. The van der Waals surface area contributed by atoms with Gasteiger partial charge in [-0.25, -0.2) is 5.84 Å². The summed E-state index contributed by atoms with van der Waals surface area (Å²) in [5.74, 6) is 7.44. The molecule has 0 amide bonds. The van der Waals surface area contributed by atoms with E-state index < -0.39 is 0 Å². The van der Waals surface area contributed by atoms with E-state index in [1.54, 1.807) is 6.20 Å². The van der Waals surface area contributed by atoms with Crippen molar-refractivity contribution < 1.29 is 0 Å². The largest absolute Gasteiger partial charge is 0.367 e. The Morgan fingerprint density at radius 2 is 2.15 bits per heavy atom. The molecule has 0 aliphatic heterocycles. The lowest BCUT2D eigenvalue weighted by atomic mass is 10.0. The summed E-state index contributed by atoms with van der Waals surface area (Å²) in [5, 5.41) is 11.3. The molecule has 0 spiro atoms. The average molecular weight is 275 g/mol. The second-order valence-electron chi connectivity index (χ2n) is 5.63. The van der Waals surface area contributed by atoms with Gasteiger partial charge in [0.15, 0.2) is 5.65 Å². The van der Waals surface area contributed by atoms with Crippen molar-refractivity contribution >= 4 is 22.8 Å². The standard InChI is InChI=1S/C13H21N7/c1-8-3-2-4-9(6-5-8)16-11-10-7-15-20-12(10)18-13(17-11)19-14/h7-9H,2-6,14H2,1H3,(H3,15,16,17,18,19,20). The number of nitrogens with zero attached hydrogens (tertiary/aromatic N) is 3. The molecule has 1 saturated carbocycles. The number of aromatic amines is 1. The number of nitrogens with one attached hydrogen (secondary N) is 3. The van der Waals surface area contributed by atoms with Crippen molar-refractivity contribution in [1.82, 2.24) is 20.2 Å². The fraction of sp³-hybridized carbons (Fsp3) is 0.615. The molecule has 2 aromatic rings. The second-order valence-corrected chi connectivity index (χ2v) is 5.63. The van der Waals surface area contributed by atoms with Gasteiger partial charge in [0.05, 0.1) is 11.6 Å². The van der Waals surface area contributed by atoms with E-state index in [0.717, 1.165) is 17.1 Å². The number of anilines is 2. The van der Waals surface area contributed by atoms with Crippen LogP contribution >= 0.6 is 0 Å². The van der Waals surface area contributed by atoms with E-state index in [1.807, 2.05) is 0 Å². The molecule has 0 saturated heterocycles. The third-order valence-corrected chi connectivity index (χ3v) is 4.04. The van der Waals surface area contributed by atoms with Gasteiger partial charge >= 0.3 is 0 Å². The Morgan fingerprint density at radius 3 is 3.00 bits per heavy atom. The summed E-state index contributed by atoms with van der Waals surface area (Å²) in [7, 11) is 0. The highest BCUT2D eigenvalue weighted by atomic mass is 15.3. The monoisotopic (exact) mass is 275 g/mol. The molecular weight excluding hydrogens is 254 g/mol. The SMILES string of the molecule is CC1CCCC(Nc2nc(NN)nc3[nH]ncc23)CC1. The molecule has 2 atom stereocenters. The van der Waals surface area contributed by atoms with Crippen LogP contribution in [0.1, 0.15) is 39.0 Å². The zero-order valence-electron chi connectivity index (χ0n) is 11.7. The van der Waals surface area contributed by atoms with Crippen LogP contribution in [0.5, 0.6) is 0 Å². The van der Waals surface area contributed by atoms with Crippen LogP contribution in [0.15, 0.2) is 6.20 Å². The quantitative estimate of drug-likeness (QED) is 0.388. The lowest BCUT2D eigenvalue weighted by Gasteiger charge is -2.17. The minimum absolute atomic E-state index is 0.395. The summed E-state index contributed by atoms with van der Waals surface area (Å²) in [4.78, 5) is 8.65. The first-order valence-corrected chi connectivity index (χ1v) is 7.20. The van der Waals surface area contributed by atoms with Gasteiger partial charge in [-0.15, -0.1) is 0 Å². The summed E-state index contributed by atoms with van der Waals surface area (Å²) in [6.45, 7) is 2.33. The maximum absolute atomic E-state index is 5.42. The van der Waals surface area contributed by atoms with Gasteiger partial charge in [-0.3, -0.25) is 10.5 Å². The average Bonchev–Trinajstić information content (AvgIpc) is 2.83. The molecule has 1 fully saturated rings. The topological polar surface area (TPSA) is 105 Å². The fourth-order valence-corrected chi connectivity index (χ4v) is 2.83. The Kier molecular flexibility index (Phi) is 3.68. The number of hydrazine groups is 1. The molecular formula is C13H21N7. The first-order chi connectivity index (χ1) is 9.76. The first-order valence-electron chi connectivity index (χ1n) is 7.20. The number of nitrogens with two attached hydrogens (primary N) is 1. The molecule has 2 unspecified atom stereocenters. The van der Waals surface area contributed by atoms with Crippen molar-refractivity contribution in [3.05, 3.63) is 6.20 Å². The van der Waals surface area contributed by atoms with Crippen molar-refractivity contribution in [3.63, 3.8) is 0 Å². The summed E-state index contributed by atoms with van der Waals surface area (Å²) in [6, 6.07) is 0.457. The summed E-state index contributed by atoms with van der Waals surface area (Å²) >= 11 is 0. The van der Waals surface area contributed by atoms with Gasteiger partial charge in [0.2, 0.25) is 5.95 Å². The van der Waals surface area contributed by atoms with Crippen LogP contribution in [-0.2, 0) is 0 Å². The minimum Gasteiger partial charge on any atom is -0.367 e. The molecule has 2 aromatic heterocycles. The minimum atomic E-state index is 0.395.